The predicted molar refractivity (Wildman–Crippen MR) is 59.8 cm³/mol. The third-order valence-corrected chi connectivity index (χ3v) is 2.12. The van der Waals surface area contributed by atoms with Gasteiger partial charge < -0.3 is 15.3 Å². The Labute approximate surface area is 93.8 Å². The Kier molecular flexibility index (Phi) is 11.1. The molecule has 88 valence electrons. The average molecular weight is 234 g/mol. The Bertz CT molecular complexity index is 166. The zero-order valence-electron chi connectivity index (χ0n) is 8.62. The van der Waals surface area contributed by atoms with Crippen LogP contribution in [0.3, 0.4) is 0 Å². The van der Waals surface area contributed by atoms with Crippen LogP contribution in [0.2, 0.25) is 0 Å². The Morgan fingerprint density at radius 3 is 1.73 bits per heavy atom. The standard InChI is InChI=1S/C6H15NO3.C3H3NS/c8-4-1-7(2-5-9)3-6-10;1-2-4-5-3-1/h8-10H,1-6H2;1-3H. The highest BCUT2D eigenvalue weighted by molar-refractivity contribution is 7.03. The van der Waals surface area contributed by atoms with Crippen LogP contribution < -0.4 is 0 Å². The SMILES string of the molecule is OCCN(CCO)CCO.c1cnsc1. The van der Waals surface area contributed by atoms with Gasteiger partial charge >= 0.3 is 0 Å². The van der Waals surface area contributed by atoms with E-state index in [1.807, 2.05) is 11.4 Å². The molecule has 3 N–H and O–H groups in total. The molecule has 0 unspecified atom stereocenters. The van der Waals surface area contributed by atoms with Crippen LogP contribution in [0.25, 0.3) is 0 Å². The molecule has 0 saturated heterocycles. The molecular formula is C9H18N2O3S. The Morgan fingerprint density at radius 2 is 1.53 bits per heavy atom. The minimum absolute atomic E-state index is 0.0694. The van der Waals surface area contributed by atoms with E-state index < -0.39 is 0 Å². The van der Waals surface area contributed by atoms with Gasteiger partial charge in [-0.2, -0.15) is 0 Å². The van der Waals surface area contributed by atoms with Crippen LogP contribution in [-0.4, -0.2) is 64.0 Å². The summed E-state index contributed by atoms with van der Waals surface area (Å²) in [7, 11) is 0. The summed E-state index contributed by atoms with van der Waals surface area (Å²) in [6.07, 6.45) is 1.77. The molecule has 0 saturated carbocycles. The van der Waals surface area contributed by atoms with Gasteiger partial charge in [0.05, 0.1) is 19.8 Å². The molecular weight excluding hydrogens is 216 g/mol. The fourth-order valence-electron chi connectivity index (χ4n) is 0.935. The highest BCUT2D eigenvalue weighted by Gasteiger charge is 2.00. The first kappa shape index (κ1) is 14.5. The molecule has 0 fully saturated rings. The second kappa shape index (κ2) is 11.5. The molecule has 0 aliphatic carbocycles. The van der Waals surface area contributed by atoms with Crippen molar-refractivity contribution in [3.8, 4) is 0 Å². The molecule has 0 radical (unpaired) electrons. The third kappa shape index (κ3) is 9.77. The number of hydrogen-bond donors (Lipinski definition) is 3. The monoisotopic (exact) mass is 234 g/mol. The molecule has 0 bridgehead atoms. The third-order valence-electron chi connectivity index (χ3n) is 1.60. The van der Waals surface area contributed by atoms with Crippen LogP contribution >= 0.6 is 11.5 Å². The molecule has 1 rings (SSSR count). The van der Waals surface area contributed by atoms with Gasteiger partial charge in [-0.15, -0.1) is 0 Å². The van der Waals surface area contributed by atoms with Gasteiger partial charge in [0.15, 0.2) is 0 Å². The van der Waals surface area contributed by atoms with Crippen molar-refractivity contribution in [2.75, 3.05) is 39.5 Å². The van der Waals surface area contributed by atoms with E-state index >= 15 is 0 Å². The van der Waals surface area contributed by atoms with Crippen molar-refractivity contribution in [1.82, 2.24) is 9.27 Å². The molecule has 0 atom stereocenters. The maximum absolute atomic E-state index is 8.48. The van der Waals surface area contributed by atoms with Crippen LogP contribution in [0, 0.1) is 0 Å². The molecule has 6 heteroatoms. The molecule has 5 nitrogen and oxygen atoms in total. The topological polar surface area (TPSA) is 76.8 Å². The van der Waals surface area contributed by atoms with Crippen LogP contribution in [0.1, 0.15) is 0 Å². The van der Waals surface area contributed by atoms with Crippen LogP contribution in [0.5, 0.6) is 0 Å². The Balaban J connectivity index is 0.000000322. The molecule has 1 heterocycles. The molecule has 0 spiro atoms. The van der Waals surface area contributed by atoms with Gasteiger partial charge in [-0.05, 0) is 17.6 Å². The van der Waals surface area contributed by atoms with E-state index in [4.69, 9.17) is 15.3 Å². The fourth-order valence-corrected chi connectivity index (χ4v) is 1.29. The van der Waals surface area contributed by atoms with E-state index in [0.717, 1.165) is 0 Å². The van der Waals surface area contributed by atoms with E-state index in [1.165, 1.54) is 11.5 Å². The number of aliphatic hydroxyl groups is 3. The maximum Gasteiger partial charge on any atom is 0.0558 e. The van der Waals surface area contributed by atoms with Crippen LogP contribution in [0.15, 0.2) is 17.6 Å². The number of hydrogen-bond acceptors (Lipinski definition) is 6. The maximum atomic E-state index is 8.48. The average Bonchev–Trinajstić information content (AvgIpc) is 2.77. The van der Waals surface area contributed by atoms with Gasteiger partial charge in [0.1, 0.15) is 0 Å². The lowest BCUT2D eigenvalue weighted by atomic mass is 10.4. The fraction of sp³-hybridized carbons (Fsp3) is 0.667. The first-order valence-electron chi connectivity index (χ1n) is 4.74. The van der Waals surface area contributed by atoms with Gasteiger partial charge in [-0.3, -0.25) is 4.90 Å². The summed E-state index contributed by atoms with van der Waals surface area (Å²) < 4.78 is 3.76. The zero-order valence-corrected chi connectivity index (χ0v) is 9.44. The summed E-state index contributed by atoms with van der Waals surface area (Å²) in [5.41, 5.74) is 0. The lowest BCUT2D eigenvalue weighted by molar-refractivity contribution is 0.136. The lowest BCUT2D eigenvalue weighted by Crippen LogP contribution is -2.32. The van der Waals surface area contributed by atoms with Gasteiger partial charge in [0, 0.05) is 31.2 Å². The van der Waals surface area contributed by atoms with Gasteiger partial charge in [-0.25, -0.2) is 4.37 Å². The summed E-state index contributed by atoms with van der Waals surface area (Å²) in [5.74, 6) is 0. The first-order valence-corrected chi connectivity index (χ1v) is 5.58. The van der Waals surface area contributed by atoms with Crippen molar-refractivity contribution in [3.05, 3.63) is 17.6 Å². The molecule has 1 aromatic heterocycles. The minimum Gasteiger partial charge on any atom is -0.395 e. The summed E-state index contributed by atoms with van der Waals surface area (Å²) in [5, 5.41) is 27.4. The first-order chi connectivity index (χ1) is 7.35. The van der Waals surface area contributed by atoms with E-state index in [2.05, 4.69) is 4.37 Å². The summed E-state index contributed by atoms with van der Waals surface area (Å²) in [6, 6.07) is 1.91. The predicted octanol–water partition coefficient (Wildman–Crippen LogP) is -0.592. The zero-order chi connectivity index (χ0) is 11.4. The highest BCUT2D eigenvalue weighted by atomic mass is 32.1. The molecule has 15 heavy (non-hydrogen) atoms. The number of nitrogens with zero attached hydrogens (tertiary/aromatic N) is 2. The van der Waals surface area contributed by atoms with Crippen LogP contribution in [0.4, 0.5) is 0 Å². The summed E-state index contributed by atoms with van der Waals surface area (Å²) >= 11 is 1.46. The molecule has 0 aliphatic rings. The Hall–Kier alpha value is -0.530. The van der Waals surface area contributed by atoms with Crippen molar-refractivity contribution >= 4 is 11.5 Å². The molecule has 0 aliphatic heterocycles. The highest BCUT2D eigenvalue weighted by Crippen LogP contribution is 1.84. The quantitative estimate of drug-likeness (QED) is 0.613. The summed E-state index contributed by atoms with van der Waals surface area (Å²) in [4.78, 5) is 1.79. The van der Waals surface area contributed by atoms with Crippen molar-refractivity contribution in [3.63, 3.8) is 0 Å². The molecule has 1 aromatic rings. The molecule has 0 aromatic carbocycles. The lowest BCUT2D eigenvalue weighted by Gasteiger charge is -2.17. The minimum atomic E-state index is 0.0694. The van der Waals surface area contributed by atoms with Crippen molar-refractivity contribution in [2.24, 2.45) is 0 Å². The second-order valence-corrected chi connectivity index (χ2v) is 3.39. The van der Waals surface area contributed by atoms with E-state index in [1.54, 1.807) is 11.1 Å². The normalized spacial score (nSPS) is 9.87. The van der Waals surface area contributed by atoms with Crippen molar-refractivity contribution < 1.29 is 15.3 Å². The van der Waals surface area contributed by atoms with E-state index in [-0.39, 0.29) is 19.8 Å². The number of aromatic nitrogens is 1. The largest absolute Gasteiger partial charge is 0.395 e. The van der Waals surface area contributed by atoms with E-state index in [0.29, 0.717) is 19.6 Å². The summed E-state index contributed by atoms with van der Waals surface area (Å²) in [6.45, 7) is 1.75. The Morgan fingerprint density at radius 1 is 1.00 bits per heavy atom. The van der Waals surface area contributed by atoms with Gasteiger partial charge in [0.2, 0.25) is 0 Å². The van der Waals surface area contributed by atoms with Crippen LogP contribution in [-0.2, 0) is 0 Å². The second-order valence-electron chi connectivity index (χ2n) is 2.70. The number of aliphatic hydroxyl groups excluding tert-OH is 3. The van der Waals surface area contributed by atoms with E-state index in [9.17, 15) is 0 Å². The van der Waals surface area contributed by atoms with Crippen molar-refractivity contribution in [2.45, 2.75) is 0 Å². The van der Waals surface area contributed by atoms with Crippen molar-refractivity contribution in [1.29, 1.82) is 0 Å². The smallest absolute Gasteiger partial charge is 0.0558 e. The molecule has 0 amide bonds. The van der Waals surface area contributed by atoms with Gasteiger partial charge in [0.25, 0.3) is 0 Å². The van der Waals surface area contributed by atoms with Gasteiger partial charge in [-0.1, -0.05) is 0 Å². The number of rotatable bonds is 6.